The van der Waals surface area contributed by atoms with E-state index in [0.29, 0.717) is 15.1 Å². The summed E-state index contributed by atoms with van der Waals surface area (Å²) in [5.74, 6) is -0.340. The molecular weight excluding hydrogens is 303 g/mol. The molecule has 0 unspecified atom stereocenters. The van der Waals surface area contributed by atoms with Crippen molar-refractivity contribution >= 4 is 33.3 Å². The molecule has 0 heterocycles. The van der Waals surface area contributed by atoms with Crippen LogP contribution in [-0.2, 0) is 0 Å². The second kappa shape index (κ2) is 4.90. The van der Waals surface area contributed by atoms with Crippen molar-refractivity contribution in [3.63, 3.8) is 0 Å². The minimum absolute atomic E-state index is 0.0739. The Bertz CT molecular complexity index is 581. The predicted molar refractivity (Wildman–Crippen MR) is 70.7 cm³/mol. The number of benzene rings is 2. The van der Waals surface area contributed by atoms with Crippen LogP contribution in [0.4, 0.5) is 0 Å². The van der Waals surface area contributed by atoms with Gasteiger partial charge in [-0.3, -0.25) is 4.79 Å². The van der Waals surface area contributed by atoms with E-state index in [1.165, 1.54) is 18.2 Å². The average Bonchev–Trinajstić information content (AvgIpc) is 2.32. The normalized spacial score (nSPS) is 10.2. The summed E-state index contributed by atoms with van der Waals surface area (Å²) in [5.41, 5.74) is 0.689. The molecule has 0 saturated heterocycles. The number of carbonyl (C=O) groups excluding carboxylic acids is 1. The Morgan fingerprint density at radius 2 is 1.82 bits per heavy atom. The zero-order valence-electron chi connectivity index (χ0n) is 8.65. The molecule has 0 bridgehead atoms. The summed E-state index contributed by atoms with van der Waals surface area (Å²) < 4.78 is 0.685. The molecular formula is C13H8BrClO2. The molecule has 17 heavy (non-hydrogen) atoms. The maximum atomic E-state index is 12.2. The largest absolute Gasteiger partial charge is 0.507 e. The van der Waals surface area contributed by atoms with Gasteiger partial charge in [-0.1, -0.05) is 39.7 Å². The van der Waals surface area contributed by atoms with E-state index in [4.69, 9.17) is 11.6 Å². The number of hydrogen-bond donors (Lipinski definition) is 1. The van der Waals surface area contributed by atoms with Gasteiger partial charge in [0, 0.05) is 15.1 Å². The van der Waals surface area contributed by atoms with Gasteiger partial charge in [0.15, 0.2) is 5.78 Å². The molecule has 0 fully saturated rings. The van der Waals surface area contributed by atoms with Crippen molar-refractivity contribution in [2.75, 3.05) is 0 Å². The van der Waals surface area contributed by atoms with Crippen LogP contribution in [0.5, 0.6) is 5.75 Å². The summed E-state index contributed by atoms with van der Waals surface area (Å²) in [7, 11) is 0. The van der Waals surface area contributed by atoms with E-state index in [2.05, 4.69) is 15.9 Å². The third-order valence-corrected chi connectivity index (χ3v) is 3.25. The number of carbonyl (C=O) groups is 1. The van der Waals surface area contributed by atoms with Gasteiger partial charge in [0.1, 0.15) is 5.75 Å². The lowest BCUT2D eigenvalue weighted by Gasteiger charge is -2.06. The first-order chi connectivity index (χ1) is 8.09. The molecule has 0 saturated carbocycles. The Balaban J connectivity index is 2.51. The van der Waals surface area contributed by atoms with Crippen LogP contribution in [0.2, 0.25) is 5.02 Å². The maximum absolute atomic E-state index is 12.2. The number of ketones is 1. The summed E-state index contributed by atoms with van der Waals surface area (Å²) in [6.07, 6.45) is 0. The molecule has 4 heteroatoms. The minimum atomic E-state index is -0.266. The quantitative estimate of drug-likeness (QED) is 0.850. The zero-order valence-corrected chi connectivity index (χ0v) is 11.0. The highest BCUT2D eigenvalue weighted by molar-refractivity contribution is 9.10. The fraction of sp³-hybridized carbons (Fsp3) is 0. The van der Waals surface area contributed by atoms with Gasteiger partial charge in [-0.2, -0.15) is 0 Å². The van der Waals surface area contributed by atoms with Gasteiger partial charge in [0.2, 0.25) is 0 Å². The SMILES string of the molecule is O=C(c1cc(Cl)ccc1O)c1ccccc1Br. The van der Waals surface area contributed by atoms with Crippen LogP contribution in [0, 0.1) is 0 Å². The van der Waals surface area contributed by atoms with E-state index < -0.39 is 0 Å². The van der Waals surface area contributed by atoms with Crippen molar-refractivity contribution in [2.24, 2.45) is 0 Å². The molecule has 0 spiro atoms. The molecule has 0 radical (unpaired) electrons. The van der Waals surface area contributed by atoms with E-state index in [1.54, 1.807) is 18.2 Å². The highest BCUT2D eigenvalue weighted by Gasteiger charge is 2.16. The smallest absolute Gasteiger partial charge is 0.197 e. The lowest BCUT2D eigenvalue weighted by molar-refractivity contribution is 0.103. The molecule has 2 nitrogen and oxygen atoms in total. The van der Waals surface area contributed by atoms with Crippen LogP contribution < -0.4 is 0 Å². The first kappa shape index (κ1) is 12.1. The van der Waals surface area contributed by atoms with Crippen molar-refractivity contribution < 1.29 is 9.90 Å². The van der Waals surface area contributed by atoms with Crippen LogP contribution in [0.15, 0.2) is 46.9 Å². The first-order valence-electron chi connectivity index (χ1n) is 4.87. The molecule has 2 aromatic rings. The molecule has 0 atom stereocenters. The van der Waals surface area contributed by atoms with E-state index in [-0.39, 0.29) is 17.1 Å². The van der Waals surface area contributed by atoms with Crippen LogP contribution >= 0.6 is 27.5 Å². The highest BCUT2D eigenvalue weighted by Crippen LogP contribution is 2.26. The van der Waals surface area contributed by atoms with Crippen molar-refractivity contribution in [1.29, 1.82) is 0 Å². The van der Waals surface area contributed by atoms with E-state index in [1.807, 2.05) is 6.07 Å². The minimum Gasteiger partial charge on any atom is -0.507 e. The Morgan fingerprint density at radius 3 is 2.53 bits per heavy atom. The second-order valence-electron chi connectivity index (χ2n) is 3.47. The van der Waals surface area contributed by atoms with Crippen molar-refractivity contribution in [2.45, 2.75) is 0 Å². The Hall–Kier alpha value is -1.32. The lowest BCUT2D eigenvalue weighted by Crippen LogP contribution is -2.02. The molecule has 0 aliphatic rings. The standard InChI is InChI=1S/C13H8BrClO2/c14-11-4-2-1-3-9(11)13(17)10-7-8(15)5-6-12(10)16/h1-7,16H. The van der Waals surface area contributed by atoms with Crippen molar-refractivity contribution in [1.82, 2.24) is 0 Å². The van der Waals surface area contributed by atoms with Crippen molar-refractivity contribution in [3.05, 3.63) is 63.1 Å². The van der Waals surface area contributed by atoms with Gasteiger partial charge >= 0.3 is 0 Å². The molecule has 2 rings (SSSR count). The third kappa shape index (κ3) is 2.51. The molecule has 2 aromatic carbocycles. The van der Waals surface area contributed by atoms with Crippen LogP contribution in [0.1, 0.15) is 15.9 Å². The molecule has 0 aromatic heterocycles. The number of phenolic OH excluding ortho intramolecular Hbond substituents is 1. The molecule has 0 amide bonds. The number of halogens is 2. The molecule has 86 valence electrons. The Kier molecular flexibility index (Phi) is 3.50. The summed E-state index contributed by atoms with van der Waals surface area (Å²) >= 11 is 9.11. The molecule has 0 aliphatic carbocycles. The number of hydrogen-bond acceptors (Lipinski definition) is 2. The second-order valence-corrected chi connectivity index (χ2v) is 4.76. The summed E-state index contributed by atoms with van der Waals surface area (Å²) in [6.45, 7) is 0. The highest BCUT2D eigenvalue weighted by atomic mass is 79.9. The third-order valence-electron chi connectivity index (χ3n) is 2.32. The molecule has 1 N–H and O–H groups in total. The van der Waals surface area contributed by atoms with E-state index in [9.17, 15) is 9.90 Å². The number of rotatable bonds is 2. The summed E-state index contributed by atoms with van der Waals surface area (Å²) in [4.78, 5) is 12.2. The van der Waals surface area contributed by atoms with Gasteiger partial charge in [0.25, 0.3) is 0 Å². The molecule has 0 aliphatic heterocycles. The number of phenols is 1. The lowest BCUT2D eigenvalue weighted by atomic mass is 10.0. The Labute approximate surface area is 112 Å². The van der Waals surface area contributed by atoms with Gasteiger partial charge in [0.05, 0.1) is 5.56 Å². The van der Waals surface area contributed by atoms with Gasteiger partial charge in [-0.25, -0.2) is 0 Å². The maximum Gasteiger partial charge on any atom is 0.197 e. The van der Waals surface area contributed by atoms with Gasteiger partial charge in [-0.15, -0.1) is 0 Å². The average molecular weight is 312 g/mol. The van der Waals surface area contributed by atoms with E-state index in [0.717, 1.165) is 0 Å². The zero-order chi connectivity index (χ0) is 12.4. The fourth-order valence-corrected chi connectivity index (χ4v) is 2.12. The summed E-state index contributed by atoms with van der Waals surface area (Å²) in [5, 5.41) is 10.1. The van der Waals surface area contributed by atoms with Crippen molar-refractivity contribution in [3.8, 4) is 5.75 Å². The Morgan fingerprint density at radius 1 is 1.12 bits per heavy atom. The predicted octanol–water partition coefficient (Wildman–Crippen LogP) is 4.04. The first-order valence-corrected chi connectivity index (χ1v) is 6.04. The topological polar surface area (TPSA) is 37.3 Å². The van der Waals surface area contributed by atoms with Gasteiger partial charge in [-0.05, 0) is 30.3 Å². The fourth-order valence-electron chi connectivity index (χ4n) is 1.48. The van der Waals surface area contributed by atoms with Crippen LogP contribution in [0.3, 0.4) is 0 Å². The van der Waals surface area contributed by atoms with E-state index >= 15 is 0 Å². The van der Waals surface area contributed by atoms with Gasteiger partial charge < -0.3 is 5.11 Å². The van der Waals surface area contributed by atoms with Crippen LogP contribution in [0.25, 0.3) is 0 Å². The summed E-state index contributed by atoms with van der Waals surface area (Å²) in [6, 6.07) is 11.4. The van der Waals surface area contributed by atoms with Crippen LogP contribution in [-0.4, -0.2) is 10.9 Å². The monoisotopic (exact) mass is 310 g/mol. The number of aromatic hydroxyl groups is 1.